The number of thiazole rings is 1. The van der Waals surface area contributed by atoms with Gasteiger partial charge in [0.2, 0.25) is 0 Å². The predicted octanol–water partition coefficient (Wildman–Crippen LogP) is 4.79. The standard InChI is InChI=1S/C15H12ClN3S/c16-11-2-1-3-13(8-11)18-15-19-14(9-20-15)10-4-6-12(17)7-5-10/h1-9H,17H2,(H,18,19). The van der Waals surface area contributed by atoms with Crippen molar-refractivity contribution in [2.75, 3.05) is 11.1 Å². The summed E-state index contributed by atoms with van der Waals surface area (Å²) in [5, 5.41) is 6.79. The molecule has 0 saturated heterocycles. The first kappa shape index (κ1) is 13.0. The second kappa shape index (κ2) is 5.53. The average molecular weight is 302 g/mol. The van der Waals surface area contributed by atoms with E-state index in [4.69, 9.17) is 17.3 Å². The molecule has 5 heteroatoms. The van der Waals surface area contributed by atoms with Crippen LogP contribution in [0.15, 0.2) is 53.9 Å². The highest BCUT2D eigenvalue weighted by atomic mass is 35.5. The highest BCUT2D eigenvalue weighted by Crippen LogP contribution is 2.28. The number of halogens is 1. The number of nitrogens with two attached hydrogens (primary N) is 1. The molecule has 0 aliphatic carbocycles. The molecular weight excluding hydrogens is 290 g/mol. The van der Waals surface area contributed by atoms with Crippen LogP contribution >= 0.6 is 22.9 Å². The Labute approximate surface area is 126 Å². The van der Waals surface area contributed by atoms with Crippen LogP contribution in [-0.2, 0) is 0 Å². The van der Waals surface area contributed by atoms with Gasteiger partial charge in [0.1, 0.15) is 0 Å². The van der Waals surface area contributed by atoms with E-state index in [1.54, 1.807) is 11.3 Å². The van der Waals surface area contributed by atoms with E-state index in [9.17, 15) is 0 Å². The quantitative estimate of drug-likeness (QED) is 0.684. The maximum absolute atomic E-state index is 5.96. The molecule has 3 aromatic rings. The molecule has 0 radical (unpaired) electrons. The zero-order chi connectivity index (χ0) is 13.9. The Morgan fingerprint density at radius 2 is 1.90 bits per heavy atom. The topological polar surface area (TPSA) is 50.9 Å². The fourth-order valence-electron chi connectivity index (χ4n) is 1.81. The van der Waals surface area contributed by atoms with Crippen molar-refractivity contribution in [1.29, 1.82) is 0 Å². The van der Waals surface area contributed by atoms with Gasteiger partial charge >= 0.3 is 0 Å². The van der Waals surface area contributed by atoms with Gasteiger partial charge < -0.3 is 11.1 Å². The van der Waals surface area contributed by atoms with E-state index in [2.05, 4.69) is 10.3 Å². The number of benzene rings is 2. The maximum Gasteiger partial charge on any atom is 0.187 e. The fourth-order valence-corrected chi connectivity index (χ4v) is 2.74. The molecule has 3 rings (SSSR count). The molecule has 0 aliphatic rings. The first-order valence-corrected chi connectivity index (χ1v) is 7.30. The molecule has 0 fully saturated rings. The van der Waals surface area contributed by atoms with E-state index in [1.807, 2.05) is 53.9 Å². The van der Waals surface area contributed by atoms with Gasteiger partial charge in [0, 0.05) is 27.3 Å². The van der Waals surface area contributed by atoms with Crippen molar-refractivity contribution >= 4 is 39.4 Å². The third kappa shape index (κ3) is 2.92. The highest BCUT2D eigenvalue weighted by molar-refractivity contribution is 7.14. The van der Waals surface area contributed by atoms with Gasteiger partial charge in [0.25, 0.3) is 0 Å². The minimum absolute atomic E-state index is 0.699. The molecule has 2 aromatic carbocycles. The summed E-state index contributed by atoms with van der Waals surface area (Å²) in [6.07, 6.45) is 0. The molecule has 1 heterocycles. The molecule has 0 amide bonds. The van der Waals surface area contributed by atoms with Crippen LogP contribution in [0.1, 0.15) is 0 Å². The number of anilines is 3. The van der Waals surface area contributed by atoms with Crippen LogP contribution in [0.2, 0.25) is 5.02 Å². The van der Waals surface area contributed by atoms with Crippen molar-refractivity contribution in [2.24, 2.45) is 0 Å². The van der Waals surface area contributed by atoms with Crippen LogP contribution in [0.5, 0.6) is 0 Å². The van der Waals surface area contributed by atoms with Crippen LogP contribution in [0.3, 0.4) is 0 Å². The van der Waals surface area contributed by atoms with Crippen LogP contribution in [0.4, 0.5) is 16.5 Å². The van der Waals surface area contributed by atoms with Crippen molar-refractivity contribution < 1.29 is 0 Å². The van der Waals surface area contributed by atoms with Crippen LogP contribution in [0, 0.1) is 0 Å². The molecule has 0 atom stereocenters. The molecule has 20 heavy (non-hydrogen) atoms. The Hall–Kier alpha value is -2.04. The Kier molecular flexibility index (Phi) is 3.58. The van der Waals surface area contributed by atoms with Crippen molar-refractivity contribution in [3.63, 3.8) is 0 Å². The van der Waals surface area contributed by atoms with Gasteiger partial charge in [-0.1, -0.05) is 29.8 Å². The average Bonchev–Trinajstić information content (AvgIpc) is 2.88. The summed E-state index contributed by atoms with van der Waals surface area (Å²) >= 11 is 7.51. The van der Waals surface area contributed by atoms with Gasteiger partial charge in [-0.15, -0.1) is 11.3 Å². The summed E-state index contributed by atoms with van der Waals surface area (Å²) in [6, 6.07) is 15.2. The Bertz CT molecular complexity index is 722. The normalized spacial score (nSPS) is 10.4. The summed E-state index contributed by atoms with van der Waals surface area (Å²) in [7, 11) is 0. The number of nitrogens with one attached hydrogen (secondary N) is 1. The molecule has 0 unspecified atom stereocenters. The number of hydrogen-bond acceptors (Lipinski definition) is 4. The lowest BCUT2D eigenvalue weighted by Crippen LogP contribution is -1.89. The number of nitrogen functional groups attached to an aromatic ring is 1. The Morgan fingerprint density at radius 1 is 1.10 bits per heavy atom. The third-order valence-corrected chi connectivity index (χ3v) is 3.78. The van der Waals surface area contributed by atoms with Gasteiger partial charge in [-0.25, -0.2) is 4.98 Å². The summed E-state index contributed by atoms with van der Waals surface area (Å²) in [5.41, 5.74) is 9.34. The van der Waals surface area contributed by atoms with Gasteiger partial charge in [-0.3, -0.25) is 0 Å². The molecular formula is C15H12ClN3S. The van der Waals surface area contributed by atoms with Gasteiger partial charge in [-0.05, 0) is 30.3 Å². The highest BCUT2D eigenvalue weighted by Gasteiger charge is 2.05. The van der Waals surface area contributed by atoms with Crippen molar-refractivity contribution in [1.82, 2.24) is 4.98 Å². The number of aromatic nitrogens is 1. The Morgan fingerprint density at radius 3 is 2.65 bits per heavy atom. The summed E-state index contributed by atoms with van der Waals surface area (Å²) in [5.74, 6) is 0. The van der Waals surface area contributed by atoms with Crippen molar-refractivity contribution in [2.45, 2.75) is 0 Å². The summed E-state index contributed by atoms with van der Waals surface area (Å²) in [4.78, 5) is 4.56. The first-order chi connectivity index (χ1) is 9.70. The second-order valence-electron chi connectivity index (χ2n) is 4.30. The maximum atomic E-state index is 5.96. The van der Waals surface area contributed by atoms with Gasteiger partial charge in [0.15, 0.2) is 5.13 Å². The molecule has 100 valence electrons. The van der Waals surface area contributed by atoms with Gasteiger partial charge in [-0.2, -0.15) is 0 Å². The lowest BCUT2D eigenvalue weighted by Gasteiger charge is -2.02. The lowest BCUT2D eigenvalue weighted by atomic mass is 10.1. The zero-order valence-corrected chi connectivity index (χ0v) is 12.1. The second-order valence-corrected chi connectivity index (χ2v) is 5.59. The number of hydrogen-bond donors (Lipinski definition) is 2. The molecule has 0 saturated carbocycles. The Balaban J connectivity index is 1.82. The lowest BCUT2D eigenvalue weighted by molar-refractivity contribution is 1.38. The number of nitrogens with zero attached hydrogens (tertiary/aromatic N) is 1. The molecule has 1 aromatic heterocycles. The summed E-state index contributed by atoms with van der Waals surface area (Å²) < 4.78 is 0. The van der Waals surface area contributed by atoms with Gasteiger partial charge in [0.05, 0.1) is 5.69 Å². The smallest absolute Gasteiger partial charge is 0.187 e. The molecule has 0 bridgehead atoms. The predicted molar refractivity (Wildman–Crippen MR) is 86.7 cm³/mol. The van der Waals surface area contributed by atoms with E-state index < -0.39 is 0 Å². The SMILES string of the molecule is Nc1ccc(-c2csc(Nc3cccc(Cl)c3)n2)cc1. The van der Waals surface area contributed by atoms with Crippen LogP contribution in [-0.4, -0.2) is 4.98 Å². The zero-order valence-electron chi connectivity index (χ0n) is 10.5. The monoisotopic (exact) mass is 301 g/mol. The van der Waals surface area contributed by atoms with E-state index in [0.29, 0.717) is 5.02 Å². The largest absolute Gasteiger partial charge is 0.399 e. The molecule has 0 aliphatic heterocycles. The van der Waals surface area contributed by atoms with Crippen molar-refractivity contribution in [3.05, 3.63) is 58.9 Å². The summed E-state index contributed by atoms with van der Waals surface area (Å²) in [6.45, 7) is 0. The molecule has 3 nitrogen and oxygen atoms in total. The van der Waals surface area contributed by atoms with E-state index in [1.165, 1.54) is 0 Å². The van der Waals surface area contributed by atoms with E-state index in [-0.39, 0.29) is 0 Å². The van der Waals surface area contributed by atoms with Crippen LogP contribution in [0.25, 0.3) is 11.3 Å². The third-order valence-electron chi connectivity index (χ3n) is 2.79. The minimum Gasteiger partial charge on any atom is -0.399 e. The molecule has 0 spiro atoms. The fraction of sp³-hybridized carbons (Fsp3) is 0. The first-order valence-electron chi connectivity index (χ1n) is 6.05. The van der Waals surface area contributed by atoms with Crippen LogP contribution < -0.4 is 11.1 Å². The van der Waals surface area contributed by atoms with E-state index >= 15 is 0 Å². The minimum atomic E-state index is 0.699. The molecule has 3 N–H and O–H groups in total. The van der Waals surface area contributed by atoms with E-state index in [0.717, 1.165) is 27.8 Å². The number of rotatable bonds is 3. The van der Waals surface area contributed by atoms with Crippen molar-refractivity contribution in [3.8, 4) is 11.3 Å².